The minimum Gasteiger partial charge on any atom is -0.508 e. The molecule has 0 saturated heterocycles. The predicted molar refractivity (Wildman–Crippen MR) is 101 cm³/mol. The van der Waals surface area contributed by atoms with Crippen molar-refractivity contribution in [3.8, 4) is 22.6 Å². The highest BCUT2D eigenvalue weighted by Gasteiger charge is 2.07. The average molecular weight is 346 g/mol. The fourth-order valence-electron chi connectivity index (χ4n) is 2.36. The highest BCUT2D eigenvalue weighted by atomic mass is 16.5. The number of phenols is 1. The van der Waals surface area contributed by atoms with E-state index >= 15 is 0 Å². The summed E-state index contributed by atoms with van der Waals surface area (Å²) in [5, 5.41) is 13.1. The van der Waals surface area contributed by atoms with Crippen LogP contribution in [-0.4, -0.2) is 23.8 Å². The zero-order chi connectivity index (χ0) is 18.2. The van der Waals surface area contributed by atoms with Gasteiger partial charge in [-0.2, -0.15) is 5.10 Å². The van der Waals surface area contributed by atoms with Gasteiger partial charge in [-0.15, -0.1) is 0 Å². The number of phenolic OH excluding ortho intramolecular Hbond substituents is 1. The third kappa shape index (κ3) is 4.70. The van der Waals surface area contributed by atoms with Crippen molar-refractivity contribution in [2.45, 2.75) is 0 Å². The van der Waals surface area contributed by atoms with E-state index in [0.717, 1.165) is 16.7 Å². The zero-order valence-electron chi connectivity index (χ0n) is 14.0. The van der Waals surface area contributed by atoms with Crippen LogP contribution < -0.4 is 10.2 Å². The van der Waals surface area contributed by atoms with E-state index in [1.54, 1.807) is 24.3 Å². The molecule has 3 aromatic rings. The van der Waals surface area contributed by atoms with Crippen LogP contribution in [0.2, 0.25) is 0 Å². The lowest BCUT2D eigenvalue weighted by molar-refractivity contribution is -0.123. The maximum Gasteiger partial charge on any atom is 0.277 e. The topological polar surface area (TPSA) is 70.9 Å². The number of hydrogen-bond acceptors (Lipinski definition) is 4. The molecular weight excluding hydrogens is 328 g/mol. The van der Waals surface area contributed by atoms with Gasteiger partial charge in [-0.25, -0.2) is 5.43 Å². The van der Waals surface area contributed by atoms with E-state index in [-0.39, 0.29) is 18.3 Å². The van der Waals surface area contributed by atoms with E-state index in [2.05, 4.69) is 10.5 Å². The van der Waals surface area contributed by atoms with Crippen molar-refractivity contribution in [3.63, 3.8) is 0 Å². The van der Waals surface area contributed by atoms with Gasteiger partial charge in [0.05, 0.1) is 6.21 Å². The van der Waals surface area contributed by atoms with E-state index in [0.29, 0.717) is 5.75 Å². The van der Waals surface area contributed by atoms with Crippen molar-refractivity contribution in [2.24, 2.45) is 5.10 Å². The lowest BCUT2D eigenvalue weighted by Gasteiger charge is -2.10. The van der Waals surface area contributed by atoms with Gasteiger partial charge < -0.3 is 9.84 Å². The number of ether oxygens (including phenoxy) is 1. The normalized spacial score (nSPS) is 10.6. The van der Waals surface area contributed by atoms with Crippen LogP contribution in [-0.2, 0) is 4.79 Å². The van der Waals surface area contributed by atoms with Gasteiger partial charge in [0.25, 0.3) is 5.91 Å². The average Bonchev–Trinajstić information content (AvgIpc) is 2.69. The van der Waals surface area contributed by atoms with Gasteiger partial charge in [0.1, 0.15) is 11.5 Å². The number of rotatable bonds is 6. The van der Waals surface area contributed by atoms with E-state index in [1.807, 2.05) is 54.6 Å². The first kappa shape index (κ1) is 17.2. The molecule has 130 valence electrons. The second kappa shape index (κ2) is 8.48. The van der Waals surface area contributed by atoms with Crippen molar-refractivity contribution in [1.82, 2.24) is 5.43 Å². The molecule has 0 aliphatic heterocycles. The summed E-state index contributed by atoms with van der Waals surface area (Å²) in [6.07, 6.45) is 1.50. The number of nitrogens with one attached hydrogen (secondary N) is 1. The predicted octanol–water partition coefficient (Wildman–Crippen LogP) is 3.59. The van der Waals surface area contributed by atoms with Crippen LogP contribution in [0.15, 0.2) is 84.0 Å². The summed E-state index contributed by atoms with van der Waals surface area (Å²) in [4.78, 5) is 11.9. The Kier molecular flexibility index (Phi) is 5.62. The Morgan fingerprint density at radius 1 is 0.962 bits per heavy atom. The number of carbonyl (C=O) groups is 1. The number of carbonyl (C=O) groups excluding carboxylic acids is 1. The first-order valence-corrected chi connectivity index (χ1v) is 8.10. The van der Waals surface area contributed by atoms with Gasteiger partial charge in [0, 0.05) is 5.56 Å². The molecular formula is C21H18N2O3. The van der Waals surface area contributed by atoms with E-state index in [1.165, 1.54) is 6.21 Å². The molecule has 0 bridgehead atoms. The van der Waals surface area contributed by atoms with Crippen LogP contribution in [0.5, 0.6) is 11.5 Å². The van der Waals surface area contributed by atoms with Crippen molar-refractivity contribution < 1.29 is 14.6 Å². The zero-order valence-corrected chi connectivity index (χ0v) is 14.0. The second-order valence-electron chi connectivity index (χ2n) is 5.54. The van der Waals surface area contributed by atoms with Crippen molar-refractivity contribution in [2.75, 3.05) is 6.61 Å². The van der Waals surface area contributed by atoms with Gasteiger partial charge >= 0.3 is 0 Å². The third-order valence-corrected chi connectivity index (χ3v) is 3.63. The molecule has 26 heavy (non-hydrogen) atoms. The number of hydrazone groups is 1. The summed E-state index contributed by atoms with van der Waals surface area (Å²) in [6.45, 7) is -0.142. The fraction of sp³-hybridized carbons (Fsp3) is 0.0476. The number of para-hydroxylation sites is 1. The van der Waals surface area contributed by atoms with Crippen LogP contribution in [0.25, 0.3) is 11.1 Å². The minimum absolute atomic E-state index is 0.142. The molecule has 0 aliphatic carbocycles. The number of hydrogen-bond donors (Lipinski definition) is 2. The fourth-order valence-corrected chi connectivity index (χ4v) is 2.36. The van der Waals surface area contributed by atoms with Gasteiger partial charge in [-0.1, -0.05) is 48.5 Å². The lowest BCUT2D eigenvalue weighted by Crippen LogP contribution is -2.24. The number of benzene rings is 3. The number of nitrogens with zero attached hydrogens (tertiary/aromatic N) is 1. The second-order valence-corrected chi connectivity index (χ2v) is 5.54. The number of amides is 1. The van der Waals surface area contributed by atoms with Crippen LogP contribution in [0.1, 0.15) is 5.56 Å². The summed E-state index contributed by atoms with van der Waals surface area (Å²) in [5.74, 6) is 0.455. The highest BCUT2D eigenvalue weighted by Crippen LogP contribution is 2.29. The lowest BCUT2D eigenvalue weighted by atomic mass is 10.1. The van der Waals surface area contributed by atoms with Gasteiger partial charge in [0.2, 0.25) is 0 Å². The van der Waals surface area contributed by atoms with Crippen molar-refractivity contribution in [1.29, 1.82) is 0 Å². The molecule has 3 rings (SSSR count). The third-order valence-electron chi connectivity index (χ3n) is 3.63. The maximum atomic E-state index is 11.9. The molecule has 3 aromatic carbocycles. The summed E-state index contributed by atoms with van der Waals surface area (Å²) in [7, 11) is 0. The first-order chi connectivity index (χ1) is 12.7. The summed E-state index contributed by atoms with van der Waals surface area (Å²) in [5.41, 5.74) is 5.13. The quantitative estimate of drug-likeness (QED) is 0.529. The molecule has 1 amide bonds. The Hall–Kier alpha value is -3.60. The van der Waals surface area contributed by atoms with Crippen LogP contribution in [0, 0.1) is 0 Å². The number of aromatic hydroxyl groups is 1. The van der Waals surface area contributed by atoms with Crippen molar-refractivity contribution in [3.05, 3.63) is 84.4 Å². The maximum absolute atomic E-state index is 11.9. The molecule has 5 heteroatoms. The molecule has 0 fully saturated rings. The molecule has 0 aliphatic rings. The molecule has 0 saturated carbocycles. The van der Waals surface area contributed by atoms with Gasteiger partial charge in [-0.05, 0) is 41.5 Å². The minimum atomic E-state index is -0.358. The molecule has 5 nitrogen and oxygen atoms in total. The molecule has 0 aromatic heterocycles. The Morgan fingerprint density at radius 3 is 2.42 bits per heavy atom. The molecule has 0 heterocycles. The van der Waals surface area contributed by atoms with E-state index in [4.69, 9.17) is 4.74 Å². The van der Waals surface area contributed by atoms with Crippen molar-refractivity contribution >= 4 is 12.1 Å². The standard InChI is InChI=1S/C21H18N2O3/c24-18-12-10-16(11-13-18)14-22-23-21(25)15-26-20-9-5-4-8-19(20)17-6-2-1-3-7-17/h1-14,24H,15H2,(H,23,25)/b22-14+. The summed E-state index contributed by atoms with van der Waals surface area (Å²) < 4.78 is 5.65. The summed E-state index contributed by atoms with van der Waals surface area (Å²) in [6, 6.07) is 23.9. The Labute approximate surface area is 151 Å². The first-order valence-electron chi connectivity index (χ1n) is 8.10. The van der Waals surface area contributed by atoms with E-state index in [9.17, 15) is 9.90 Å². The van der Waals surface area contributed by atoms with Gasteiger partial charge in [-0.3, -0.25) is 4.79 Å². The van der Waals surface area contributed by atoms with Crippen LogP contribution >= 0.6 is 0 Å². The van der Waals surface area contributed by atoms with Crippen LogP contribution in [0.4, 0.5) is 0 Å². The SMILES string of the molecule is O=C(COc1ccccc1-c1ccccc1)N/N=C/c1ccc(O)cc1. The Bertz CT molecular complexity index is 891. The largest absolute Gasteiger partial charge is 0.508 e. The molecule has 2 N–H and O–H groups in total. The molecule has 0 unspecified atom stereocenters. The molecule has 0 spiro atoms. The molecule has 0 radical (unpaired) electrons. The molecule has 0 atom stereocenters. The van der Waals surface area contributed by atoms with E-state index < -0.39 is 0 Å². The monoisotopic (exact) mass is 346 g/mol. The Balaban J connectivity index is 1.57. The van der Waals surface area contributed by atoms with Gasteiger partial charge in [0.15, 0.2) is 6.61 Å². The highest BCUT2D eigenvalue weighted by molar-refractivity contribution is 5.83. The smallest absolute Gasteiger partial charge is 0.277 e. The Morgan fingerprint density at radius 2 is 1.65 bits per heavy atom. The summed E-state index contributed by atoms with van der Waals surface area (Å²) >= 11 is 0. The van der Waals surface area contributed by atoms with Crippen LogP contribution in [0.3, 0.4) is 0 Å².